The summed E-state index contributed by atoms with van der Waals surface area (Å²) >= 11 is 11.6. The number of hydrogen-bond donors (Lipinski definition) is 0. The minimum absolute atomic E-state index is 0.342. The van der Waals surface area contributed by atoms with Crippen molar-refractivity contribution < 1.29 is 0 Å². The van der Waals surface area contributed by atoms with Gasteiger partial charge in [-0.15, -0.1) is 0 Å². The highest BCUT2D eigenvalue weighted by atomic mass is 79.9. The standard InChI is InChI=1S/C11H19Br3/c1-2-3-4-7-11(14)8-5-6-9(12)10(11)13/h9-10H,2-8H2,1H3. The van der Waals surface area contributed by atoms with Crippen LogP contribution in [0.1, 0.15) is 51.9 Å². The van der Waals surface area contributed by atoms with Gasteiger partial charge >= 0.3 is 0 Å². The molecule has 0 N–H and O–H groups in total. The van der Waals surface area contributed by atoms with Crippen LogP contribution in [0.25, 0.3) is 0 Å². The van der Waals surface area contributed by atoms with Gasteiger partial charge in [0.15, 0.2) is 0 Å². The summed E-state index contributed by atoms with van der Waals surface area (Å²) in [6.45, 7) is 2.26. The lowest BCUT2D eigenvalue weighted by atomic mass is 9.85. The van der Waals surface area contributed by atoms with Gasteiger partial charge in [-0.25, -0.2) is 0 Å². The second-order valence-corrected chi connectivity index (χ2v) is 8.04. The molecular weight excluding hydrogens is 372 g/mol. The van der Waals surface area contributed by atoms with Crippen molar-refractivity contribution in [3.8, 4) is 0 Å². The molecule has 0 bridgehead atoms. The van der Waals surface area contributed by atoms with Gasteiger partial charge in [-0.2, -0.15) is 0 Å². The van der Waals surface area contributed by atoms with Crippen LogP contribution in [-0.4, -0.2) is 14.0 Å². The molecule has 0 nitrogen and oxygen atoms in total. The quantitative estimate of drug-likeness (QED) is 0.444. The largest absolute Gasteiger partial charge is 0.0878 e. The van der Waals surface area contributed by atoms with Gasteiger partial charge < -0.3 is 0 Å². The zero-order valence-corrected chi connectivity index (χ0v) is 13.5. The first kappa shape index (κ1) is 13.5. The van der Waals surface area contributed by atoms with E-state index in [-0.39, 0.29) is 0 Å². The van der Waals surface area contributed by atoms with Gasteiger partial charge in [0.05, 0.1) is 0 Å². The molecule has 0 aromatic heterocycles. The van der Waals surface area contributed by atoms with Crippen LogP contribution in [0, 0.1) is 0 Å². The van der Waals surface area contributed by atoms with Crippen LogP contribution in [0.15, 0.2) is 0 Å². The molecule has 0 aromatic rings. The van der Waals surface area contributed by atoms with E-state index < -0.39 is 0 Å². The van der Waals surface area contributed by atoms with Crippen molar-refractivity contribution in [3.05, 3.63) is 0 Å². The van der Waals surface area contributed by atoms with E-state index in [4.69, 9.17) is 0 Å². The summed E-state index contributed by atoms with van der Waals surface area (Å²) in [7, 11) is 0. The SMILES string of the molecule is CCCCCC1(Br)CCCC(Br)C1Br. The molecule has 1 rings (SSSR count). The third-order valence-corrected chi connectivity index (χ3v) is 8.19. The van der Waals surface area contributed by atoms with Crippen molar-refractivity contribution in [2.24, 2.45) is 0 Å². The fourth-order valence-corrected chi connectivity index (χ4v) is 4.92. The smallest absolute Gasteiger partial charge is 0.0424 e. The predicted octanol–water partition coefficient (Wildman–Crippen LogP) is 5.41. The normalized spacial score (nSPS) is 38.6. The zero-order valence-electron chi connectivity index (χ0n) is 8.74. The minimum atomic E-state index is 0.342. The number of halogens is 3. The molecule has 1 aliphatic carbocycles. The third kappa shape index (κ3) is 3.48. The Hall–Kier alpha value is 1.44. The van der Waals surface area contributed by atoms with Gasteiger partial charge in [0.25, 0.3) is 0 Å². The van der Waals surface area contributed by atoms with E-state index in [1.807, 2.05) is 0 Å². The van der Waals surface area contributed by atoms with Crippen LogP contribution in [0.5, 0.6) is 0 Å². The van der Waals surface area contributed by atoms with E-state index in [0.717, 1.165) is 0 Å². The Morgan fingerprint density at radius 1 is 1.29 bits per heavy atom. The van der Waals surface area contributed by atoms with Crippen LogP contribution in [0.4, 0.5) is 0 Å². The van der Waals surface area contributed by atoms with Gasteiger partial charge in [-0.3, -0.25) is 0 Å². The topological polar surface area (TPSA) is 0 Å². The first-order valence-electron chi connectivity index (χ1n) is 5.57. The monoisotopic (exact) mass is 388 g/mol. The fraction of sp³-hybridized carbons (Fsp3) is 1.00. The Morgan fingerprint density at radius 3 is 2.64 bits per heavy atom. The number of unbranched alkanes of at least 4 members (excludes halogenated alkanes) is 2. The summed E-state index contributed by atoms with van der Waals surface area (Å²) in [5, 5.41) is 0. The fourth-order valence-electron chi connectivity index (χ4n) is 2.13. The zero-order chi connectivity index (χ0) is 10.6. The van der Waals surface area contributed by atoms with Crippen molar-refractivity contribution in [2.45, 2.75) is 65.8 Å². The molecule has 0 aromatic carbocycles. The second kappa shape index (κ2) is 6.24. The molecule has 0 amide bonds. The molecule has 0 heterocycles. The molecular formula is C11H19Br3. The maximum absolute atomic E-state index is 3.96. The van der Waals surface area contributed by atoms with Crippen molar-refractivity contribution in [1.82, 2.24) is 0 Å². The number of alkyl halides is 3. The first-order valence-corrected chi connectivity index (χ1v) is 8.19. The van der Waals surface area contributed by atoms with Crippen molar-refractivity contribution >= 4 is 47.8 Å². The van der Waals surface area contributed by atoms with E-state index >= 15 is 0 Å². The van der Waals surface area contributed by atoms with E-state index in [9.17, 15) is 0 Å². The molecule has 1 fully saturated rings. The lowest BCUT2D eigenvalue weighted by molar-refractivity contribution is 0.400. The summed E-state index contributed by atoms with van der Waals surface area (Å²) in [4.78, 5) is 1.22. The van der Waals surface area contributed by atoms with Crippen molar-refractivity contribution in [1.29, 1.82) is 0 Å². The van der Waals surface area contributed by atoms with E-state index in [1.54, 1.807) is 0 Å². The molecule has 3 heteroatoms. The summed E-state index contributed by atoms with van der Waals surface area (Å²) in [6.07, 6.45) is 9.29. The molecule has 3 unspecified atom stereocenters. The molecule has 84 valence electrons. The van der Waals surface area contributed by atoms with Crippen molar-refractivity contribution in [2.75, 3.05) is 0 Å². The molecule has 0 saturated heterocycles. The number of rotatable bonds is 4. The van der Waals surface area contributed by atoms with Gasteiger partial charge in [-0.05, 0) is 19.3 Å². The Kier molecular flexibility index (Phi) is 6.02. The summed E-state index contributed by atoms with van der Waals surface area (Å²) in [6, 6.07) is 0. The van der Waals surface area contributed by atoms with Gasteiger partial charge in [-0.1, -0.05) is 80.4 Å². The molecule has 1 saturated carbocycles. The Labute approximate surface area is 113 Å². The van der Waals surface area contributed by atoms with Gasteiger partial charge in [0, 0.05) is 14.0 Å². The van der Waals surface area contributed by atoms with Crippen LogP contribution < -0.4 is 0 Å². The summed E-state index contributed by atoms with van der Waals surface area (Å²) < 4.78 is 0.342. The third-order valence-electron chi connectivity index (χ3n) is 3.08. The molecule has 1 aliphatic rings. The molecule has 0 radical (unpaired) electrons. The Morgan fingerprint density at radius 2 is 2.00 bits per heavy atom. The molecule has 14 heavy (non-hydrogen) atoms. The van der Waals surface area contributed by atoms with E-state index in [0.29, 0.717) is 14.0 Å². The van der Waals surface area contributed by atoms with Crippen LogP contribution >= 0.6 is 47.8 Å². The van der Waals surface area contributed by atoms with Crippen LogP contribution in [0.3, 0.4) is 0 Å². The Bertz CT molecular complexity index is 172. The molecule has 0 aliphatic heterocycles. The lowest BCUT2D eigenvalue weighted by Crippen LogP contribution is -2.41. The van der Waals surface area contributed by atoms with E-state index in [1.165, 1.54) is 44.9 Å². The second-order valence-electron chi connectivity index (χ2n) is 4.30. The predicted molar refractivity (Wildman–Crippen MR) is 75.1 cm³/mol. The highest BCUT2D eigenvalue weighted by Gasteiger charge is 2.40. The Balaban J connectivity index is 2.44. The molecule has 0 spiro atoms. The highest BCUT2D eigenvalue weighted by molar-refractivity contribution is 9.14. The summed E-state index contributed by atoms with van der Waals surface area (Å²) in [5.41, 5.74) is 0. The van der Waals surface area contributed by atoms with E-state index in [2.05, 4.69) is 54.7 Å². The highest BCUT2D eigenvalue weighted by Crippen LogP contribution is 2.46. The summed E-state index contributed by atoms with van der Waals surface area (Å²) in [5.74, 6) is 0. The number of hydrogen-bond acceptors (Lipinski definition) is 0. The average Bonchev–Trinajstić information content (AvgIpc) is 2.15. The maximum Gasteiger partial charge on any atom is 0.0424 e. The van der Waals surface area contributed by atoms with Crippen molar-refractivity contribution in [3.63, 3.8) is 0 Å². The van der Waals surface area contributed by atoms with Gasteiger partial charge in [0.1, 0.15) is 0 Å². The first-order chi connectivity index (χ1) is 6.60. The lowest BCUT2D eigenvalue weighted by Gasteiger charge is -2.39. The maximum atomic E-state index is 3.96. The average molecular weight is 391 g/mol. The molecule has 3 atom stereocenters. The minimum Gasteiger partial charge on any atom is -0.0878 e. The van der Waals surface area contributed by atoms with Crippen LogP contribution in [0.2, 0.25) is 0 Å². The van der Waals surface area contributed by atoms with Crippen LogP contribution in [-0.2, 0) is 0 Å². The van der Waals surface area contributed by atoms with Gasteiger partial charge in [0.2, 0.25) is 0 Å².